The Balaban J connectivity index is 2.65. The van der Waals surface area contributed by atoms with Crippen molar-refractivity contribution in [1.29, 1.82) is 0 Å². The molecule has 0 unspecified atom stereocenters. The van der Waals surface area contributed by atoms with Crippen LogP contribution in [0.1, 0.15) is 18.9 Å². The first-order valence-corrected chi connectivity index (χ1v) is 8.92. The number of aryl methyl sites for hydroxylation is 1. The van der Waals surface area contributed by atoms with Gasteiger partial charge in [0.15, 0.2) is 0 Å². The van der Waals surface area contributed by atoms with Crippen LogP contribution in [0.3, 0.4) is 0 Å². The second kappa shape index (κ2) is 8.36. The molecule has 0 aliphatic rings. The second-order valence-electron chi connectivity index (χ2n) is 4.67. The molecule has 0 aliphatic heterocycles. The first-order valence-electron chi connectivity index (χ1n) is 6.78. The summed E-state index contributed by atoms with van der Waals surface area (Å²) in [7, 11) is -2.04. The molecule has 0 spiro atoms. The van der Waals surface area contributed by atoms with Crippen molar-refractivity contribution in [1.82, 2.24) is 4.31 Å². The summed E-state index contributed by atoms with van der Waals surface area (Å²) in [4.78, 5) is 12.0. The molecule has 0 saturated heterocycles. The van der Waals surface area contributed by atoms with Crippen molar-refractivity contribution in [2.45, 2.75) is 19.8 Å². The summed E-state index contributed by atoms with van der Waals surface area (Å²) in [6, 6.07) is 7.46. The molecule has 0 atom stereocenters. The molecular formula is C14H21ClN2O3S. The lowest BCUT2D eigenvalue weighted by molar-refractivity contribution is -0.116. The molecule has 0 heterocycles. The van der Waals surface area contributed by atoms with Gasteiger partial charge in [-0.25, -0.2) is 8.42 Å². The summed E-state index contributed by atoms with van der Waals surface area (Å²) in [5.74, 6) is -0.123. The predicted molar refractivity (Wildman–Crippen MR) is 86.2 cm³/mol. The fourth-order valence-corrected chi connectivity index (χ4v) is 3.26. The zero-order valence-electron chi connectivity index (χ0n) is 12.3. The Hall–Kier alpha value is -1.11. The summed E-state index contributed by atoms with van der Waals surface area (Å²) in [6.45, 7) is 1.79. The van der Waals surface area contributed by atoms with Gasteiger partial charge >= 0.3 is 0 Å². The van der Waals surface area contributed by atoms with Gasteiger partial charge in [0.1, 0.15) is 0 Å². The highest BCUT2D eigenvalue weighted by Crippen LogP contribution is 2.15. The van der Waals surface area contributed by atoms with E-state index in [0.717, 1.165) is 22.0 Å². The van der Waals surface area contributed by atoms with E-state index in [-0.39, 0.29) is 24.1 Å². The van der Waals surface area contributed by atoms with Crippen molar-refractivity contribution < 1.29 is 13.2 Å². The van der Waals surface area contributed by atoms with E-state index >= 15 is 0 Å². The molecule has 0 saturated carbocycles. The molecule has 1 aromatic rings. The molecule has 5 nitrogen and oxygen atoms in total. The Labute approximate surface area is 131 Å². The van der Waals surface area contributed by atoms with Gasteiger partial charge in [-0.1, -0.05) is 25.1 Å². The molecule has 1 N–H and O–H groups in total. The smallest absolute Gasteiger partial charge is 0.239 e. The van der Waals surface area contributed by atoms with Crippen LogP contribution < -0.4 is 5.32 Å². The van der Waals surface area contributed by atoms with Crippen molar-refractivity contribution in [2.75, 3.05) is 30.5 Å². The number of carbonyl (C=O) groups excluding carboxylic acids is 1. The van der Waals surface area contributed by atoms with Gasteiger partial charge in [-0.2, -0.15) is 4.31 Å². The number of hydrogen-bond donors (Lipinski definition) is 1. The number of alkyl halides is 1. The van der Waals surface area contributed by atoms with Crippen LogP contribution in [0.15, 0.2) is 24.3 Å². The van der Waals surface area contributed by atoms with Crippen LogP contribution in [-0.2, 0) is 21.2 Å². The number of carbonyl (C=O) groups is 1. The van der Waals surface area contributed by atoms with Crippen molar-refractivity contribution >= 4 is 33.2 Å². The van der Waals surface area contributed by atoms with Crippen LogP contribution in [0.5, 0.6) is 0 Å². The molecular weight excluding hydrogens is 312 g/mol. The van der Waals surface area contributed by atoms with E-state index in [1.165, 1.54) is 7.05 Å². The quantitative estimate of drug-likeness (QED) is 0.741. The molecule has 1 aromatic carbocycles. The lowest BCUT2D eigenvalue weighted by atomic mass is 10.1. The van der Waals surface area contributed by atoms with Crippen molar-refractivity contribution in [3.05, 3.63) is 29.8 Å². The average Bonchev–Trinajstić information content (AvgIpc) is 2.45. The fourth-order valence-electron chi connectivity index (χ4n) is 1.83. The monoisotopic (exact) mass is 332 g/mol. The minimum absolute atomic E-state index is 0.0498. The highest BCUT2D eigenvalue weighted by atomic mass is 35.5. The number of nitrogens with one attached hydrogen (secondary N) is 1. The van der Waals surface area contributed by atoms with Crippen molar-refractivity contribution in [3.8, 4) is 0 Å². The number of nitrogens with zero attached hydrogens (tertiary/aromatic N) is 1. The number of benzene rings is 1. The number of sulfonamides is 1. The highest BCUT2D eigenvalue weighted by molar-refractivity contribution is 7.89. The highest BCUT2D eigenvalue weighted by Gasteiger charge is 2.20. The molecule has 118 valence electrons. The summed E-state index contributed by atoms with van der Waals surface area (Å²) in [5, 5.41) is 2.75. The van der Waals surface area contributed by atoms with Crippen LogP contribution in [0.4, 0.5) is 5.69 Å². The summed E-state index contributed by atoms with van der Waals surface area (Å²) in [6.07, 6.45) is 1.16. The number of halogens is 1. The van der Waals surface area contributed by atoms with E-state index in [4.69, 9.17) is 11.6 Å². The largest absolute Gasteiger partial charge is 0.325 e. The van der Waals surface area contributed by atoms with Gasteiger partial charge in [-0.15, -0.1) is 11.6 Å². The number of hydrogen-bond acceptors (Lipinski definition) is 3. The topological polar surface area (TPSA) is 66.5 Å². The molecule has 7 heteroatoms. The molecule has 0 aliphatic carbocycles. The molecule has 0 fully saturated rings. The lowest BCUT2D eigenvalue weighted by Gasteiger charge is -2.17. The number of para-hydroxylation sites is 1. The predicted octanol–water partition coefficient (Wildman–Crippen LogP) is 2.08. The minimum atomic E-state index is -3.44. The average molecular weight is 333 g/mol. The molecule has 1 rings (SSSR count). The summed E-state index contributed by atoms with van der Waals surface area (Å²) >= 11 is 5.50. The fraction of sp³-hybridized carbons (Fsp3) is 0.500. The van der Waals surface area contributed by atoms with Crippen LogP contribution in [-0.4, -0.2) is 43.9 Å². The summed E-state index contributed by atoms with van der Waals surface area (Å²) in [5.41, 5.74) is 1.73. The Morgan fingerprint density at radius 1 is 1.33 bits per heavy atom. The SMILES string of the molecule is CCc1ccccc1NC(=O)CN(C)S(=O)(=O)CCCCl. The lowest BCUT2D eigenvalue weighted by Crippen LogP contribution is -2.36. The molecule has 0 bridgehead atoms. The summed E-state index contributed by atoms with van der Waals surface area (Å²) < 4.78 is 24.8. The zero-order valence-corrected chi connectivity index (χ0v) is 13.9. The van der Waals surface area contributed by atoms with E-state index in [1.54, 1.807) is 6.07 Å². The number of likely N-dealkylation sites (N-methyl/N-ethyl adjacent to an activating group) is 1. The number of rotatable bonds is 8. The van der Waals surface area contributed by atoms with Gasteiger partial charge in [0.25, 0.3) is 0 Å². The van der Waals surface area contributed by atoms with Gasteiger partial charge in [0.2, 0.25) is 15.9 Å². The standard InChI is InChI=1S/C14H21ClN2O3S/c1-3-12-7-4-5-8-13(12)16-14(18)11-17(2)21(19,20)10-6-9-15/h4-5,7-8H,3,6,9-11H2,1-2H3,(H,16,18). The van der Waals surface area contributed by atoms with Gasteiger partial charge < -0.3 is 5.32 Å². The van der Waals surface area contributed by atoms with Crippen molar-refractivity contribution in [3.63, 3.8) is 0 Å². The van der Waals surface area contributed by atoms with Gasteiger partial charge in [-0.3, -0.25) is 4.79 Å². The second-order valence-corrected chi connectivity index (χ2v) is 7.25. The Morgan fingerprint density at radius 2 is 2.00 bits per heavy atom. The molecule has 0 aromatic heterocycles. The van der Waals surface area contributed by atoms with Crippen LogP contribution in [0, 0.1) is 0 Å². The maximum absolute atomic E-state index is 12.0. The van der Waals surface area contributed by atoms with Crippen LogP contribution in [0.25, 0.3) is 0 Å². The van der Waals surface area contributed by atoms with E-state index in [0.29, 0.717) is 6.42 Å². The number of amides is 1. The third kappa shape index (κ3) is 5.65. The third-order valence-electron chi connectivity index (χ3n) is 3.05. The molecule has 0 radical (unpaired) electrons. The van der Waals surface area contributed by atoms with Gasteiger partial charge in [0, 0.05) is 18.6 Å². The maximum atomic E-state index is 12.0. The molecule has 21 heavy (non-hydrogen) atoms. The maximum Gasteiger partial charge on any atom is 0.239 e. The Bertz CT molecular complexity index is 575. The van der Waals surface area contributed by atoms with E-state index in [2.05, 4.69) is 5.32 Å². The van der Waals surface area contributed by atoms with Crippen LogP contribution >= 0.6 is 11.6 Å². The van der Waals surface area contributed by atoms with E-state index in [1.807, 2.05) is 25.1 Å². The minimum Gasteiger partial charge on any atom is -0.325 e. The number of anilines is 1. The Morgan fingerprint density at radius 3 is 2.62 bits per heavy atom. The third-order valence-corrected chi connectivity index (χ3v) is 5.20. The van der Waals surface area contributed by atoms with Crippen LogP contribution in [0.2, 0.25) is 0 Å². The van der Waals surface area contributed by atoms with E-state index < -0.39 is 10.0 Å². The normalized spacial score (nSPS) is 11.6. The zero-order chi connectivity index (χ0) is 15.9. The molecule has 1 amide bonds. The van der Waals surface area contributed by atoms with Gasteiger partial charge in [-0.05, 0) is 24.5 Å². The first-order chi connectivity index (χ1) is 9.90. The van der Waals surface area contributed by atoms with Crippen molar-refractivity contribution in [2.24, 2.45) is 0 Å². The van der Waals surface area contributed by atoms with E-state index in [9.17, 15) is 13.2 Å². The van der Waals surface area contributed by atoms with Gasteiger partial charge in [0.05, 0.1) is 12.3 Å². The first kappa shape index (κ1) is 17.9. The Kier molecular flexibility index (Phi) is 7.14.